The summed E-state index contributed by atoms with van der Waals surface area (Å²) < 4.78 is 27.6. The molecular weight excluding hydrogens is 304 g/mol. The third kappa shape index (κ3) is 2.63. The van der Waals surface area contributed by atoms with Gasteiger partial charge in [-0.05, 0) is 38.3 Å². The molecule has 1 atom stereocenters. The van der Waals surface area contributed by atoms with E-state index < -0.39 is 10.0 Å². The van der Waals surface area contributed by atoms with Gasteiger partial charge >= 0.3 is 0 Å². The molecule has 1 saturated heterocycles. The van der Waals surface area contributed by atoms with Gasteiger partial charge in [0, 0.05) is 18.1 Å². The van der Waals surface area contributed by atoms with Crippen LogP contribution < -0.4 is 0 Å². The lowest BCUT2D eigenvalue weighted by atomic mass is 10.2. The lowest BCUT2D eigenvalue weighted by Crippen LogP contribution is -2.31. The summed E-state index contributed by atoms with van der Waals surface area (Å²) in [5.74, 6) is 0. The van der Waals surface area contributed by atoms with E-state index in [1.165, 1.54) is 11.3 Å². The third-order valence-corrected chi connectivity index (χ3v) is 6.80. The number of benzene rings is 1. The molecule has 0 spiro atoms. The molecule has 2 heterocycles. The molecule has 1 aliphatic rings. The Hall–Kier alpha value is -1.24. The van der Waals surface area contributed by atoms with Crippen molar-refractivity contribution in [3.8, 4) is 0 Å². The molecule has 1 aromatic heterocycles. The molecule has 0 N–H and O–H groups in total. The second kappa shape index (κ2) is 5.51. The largest absolute Gasteiger partial charge is 0.248 e. The zero-order chi connectivity index (χ0) is 15.0. The van der Waals surface area contributed by atoms with E-state index in [-0.39, 0.29) is 6.04 Å². The number of nitrogens with zero attached hydrogens (tertiary/aromatic N) is 2. The van der Waals surface area contributed by atoms with Crippen molar-refractivity contribution in [3.05, 3.63) is 45.9 Å². The van der Waals surface area contributed by atoms with Crippen molar-refractivity contribution in [2.45, 2.75) is 37.6 Å². The Bertz CT molecular complexity index is 739. The SMILES string of the molecule is Cc1ccc(S(=O)(=O)N2CCCC2c2nccs2)c(C)c1. The maximum Gasteiger partial charge on any atom is 0.243 e. The first-order valence-corrected chi connectivity index (χ1v) is 9.30. The summed E-state index contributed by atoms with van der Waals surface area (Å²) in [6.45, 7) is 4.39. The van der Waals surface area contributed by atoms with E-state index in [9.17, 15) is 8.42 Å². The molecule has 1 unspecified atom stereocenters. The number of hydrogen-bond donors (Lipinski definition) is 0. The molecule has 0 aliphatic carbocycles. The summed E-state index contributed by atoms with van der Waals surface area (Å²) >= 11 is 1.52. The maximum atomic E-state index is 13.0. The van der Waals surface area contributed by atoms with Crippen LogP contribution in [0.3, 0.4) is 0 Å². The van der Waals surface area contributed by atoms with E-state index >= 15 is 0 Å². The van der Waals surface area contributed by atoms with Gasteiger partial charge in [-0.1, -0.05) is 17.7 Å². The molecule has 1 fully saturated rings. The fraction of sp³-hybridized carbons (Fsp3) is 0.400. The van der Waals surface area contributed by atoms with Crippen LogP contribution >= 0.6 is 11.3 Å². The summed E-state index contributed by atoms with van der Waals surface area (Å²) in [7, 11) is -3.46. The van der Waals surface area contributed by atoms with Gasteiger partial charge in [-0.25, -0.2) is 13.4 Å². The fourth-order valence-electron chi connectivity index (χ4n) is 2.89. The normalized spacial score (nSPS) is 20.0. The van der Waals surface area contributed by atoms with Gasteiger partial charge in [-0.15, -0.1) is 11.3 Å². The quantitative estimate of drug-likeness (QED) is 0.871. The first-order chi connectivity index (χ1) is 10.00. The lowest BCUT2D eigenvalue weighted by Gasteiger charge is -2.23. The van der Waals surface area contributed by atoms with Crippen molar-refractivity contribution >= 4 is 21.4 Å². The van der Waals surface area contributed by atoms with Crippen molar-refractivity contribution in [3.63, 3.8) is 0 Å². The van der Waals surface area contributed by atoms with Crippen LogP contribution in [0.4, 0.5) is 0 Å². The predicted molar refractivity (Wildman–Crippen MR) is 83.9 cm³/mol. The average Bonchev–Trinajstić information content (AvgIpc) is 3.09. The number of aromatic nitrogens is 1. The number of thiazole rings is 1. The van der Waals surface area contributed by atoms with Crippen molar-refractivity contribution in [1.82, 2.24) is 9.29 Å². The minimum Gasteiger partial charge on any atom is -0.248 e. The third-order valence-electron chi connectivity index (χ3n) is 3.86. The highest BCUT2D eigenvalue weighted by atomic mass is 32.2. The van der Waals surface area contributed by atoms with E-state index in [1.807, 2.05) is 31.4 Å². The zero-order valence-electron chi connectivity index (χ0n) is 12.1. The van der Waals surface area contributed by atoms with Gasteiger partial charge in [-0.2, -0.15) is 4.31 Å². The second-order valence-electron chi connectivity index (χ2n) is 5.41. The second-order valence-corrected chi connectivity index (χ2v) is 8.20. The highest BCUT2D eigenvalue weighted by molar-refractivity contribution is 7.89. The van der Waals surface area contributed by atoms with Crippen molar-refractivity contribution < 1.29 is 8.42 Å². The van der Waals surface area contributed by atoms with Crippen molar-refractivity contribution in [1.29, 1.82) is 0 Å². The van der Waals surface area contributed by atoms with Crippen LogP contribution in [-0.4, -0.2) is 24.3 Å². The summed E-state index contributed by atoms with van der Waals surface area (Å²) in [6, 6.07) is 5.38. The van der Waals surface area contributed by atoms with Gasteiger partial charge in [-0.3, -0.25) is 0 Å². The average molecular weight is 322 g/mol. The summed E-state index contributed by atoms with van der Waals surface area (Å²) in [6.07, 6.45) is 3.46. The number of hydrogen-bond acceptors (Lipinski definition) is 4. The van der Waals surface area contributed by atoms with E-state index in [2.05, 4.69) is 4.98 Å². The van der Waals surface area contributed by atoms with Crippen LogP contribution in [0.2, 0.25) is 0 Å². The van der Waals surface area contributed by atoms with Gasteiger partial charge in [0.15, 0.2) is 0 Å². The molecule has 2 aromatic rings. The molecule has 1 aromatic carbocycles. The van der Waals surface area contributed by atoms with Gasteiger partial charge in [0.05, 0.1) is 10.9 Å². The van der Waals surface area contributed by atoms with Crippen LogP contribution in [0.15, 0.2) is 34.7 Å². The van der Waals surface area contributed by atoms with Gasteiger partial charge in [0.1, 0.15) is 5.01 Å². The van der Waals surface area contributed by atoms with Crippen molar-refractivity contribution in [2.24, 2.45) is 0 Å². The highest BCUT2D eigenvalue weighted by Crippen LogP contribution is 2.37. The van der Waals surface area contributed by atoms with Crippen LogP contribution in [0.5, 0.6) is 0 Å². The number of sulfonamides is 1. The molecule has 0 radical (unpaired) electrons. The molecule has 6 heteroatoms. The molecule has 21 heavy (non-hydrogen) atoms. The van der Waals surface area contributed by atoms with Gasteiger partial charge in [0.25, 0.3) is 0 Å². The summed E-state index contributed by atoms with van der Waals surface area (Å²) in [4.78, 5) is 4.72. The first-order valence-electron chi connectivity index (χ1n) is 6.98. The highest BCUT2D eigenvalue weighted by Gasteiger charge is 2.37. The van der Waals surface area contributed by atoms with Crippen LogP contribution in [0, 0.1) is 13.8 Å². The Morgan fingerprint density at radius 3 is 2.81 bits per heavy atom. The number of rotatable bonds is 3. The Morgan fingerprint density at radius 2 is 2.14 bits per heavy atom. The Balaban J connectivity index is 2.01. The van der Waals surface area contributed by atoms with E-state index in [1.54, 1.807) is 16.6 Å². The van der Waals surface area contributed by atoms with Crippen molar-refractivity contribution in [2.75, 3.05) is 6.54 Å². The van der Waals surface area contributed by atoms with E-state index in [0.717, 1.165) is 29.0 Å². The monoisotopic (exact) mass is 322 g/mol. The zero-order valence-corrected chi connectivity index (χ0v) is 13.7. The standard InChI is InChI=1S/C15H18N2O2S2/c1-11-5-6-14(12(2)10-11)21(18,19)17-8-3-4-13(17)15-16-7-9-20-15/h5-7,9-10,13H,3-4,8H2,1-2H3. The lowest BCUT2D eigenvalue weighted by molar-refractivity contribution is 0.395. The van der Waals surface area contributed by atoms with Crippen LogP contribution in [0.1, 0.15) is 35.0 Å². The Morgan fingerprint density at radius 1 is 1.33 bits per heavy atom. The predicted octanol–water partition coefficient (Wildman–Crippen LogP) is 3.29. The smallest absolute Gasteiger partial charge is 0.243 e. The molecule has 4 nitrogen and oxygen atoms in total. The Labute approximate surface area is 129 Å². The van der Waals surface area contributed by atoms with Gasteiger partial charge in [0.2, 0.25) is 10.0 Å². The molecule has 0 bridgehead atoms. The summed E-state index contributed by atoms with van der Waals surface area (Å²) in [5.41, 5.74) is 1.88. The molecule has 3 rings (SSSR count). The molecule has 1 aliphatic heterocycles. The van der Waals surface area contributed by atoms with Crippen LogP contribution in [-0.2, 0) is 10.0 Å². The van der Waals surface area contributed by atoms with E-state index in [0.29, 0.717) is 11.4 Å². The Kier molecular flexibility index (Phi) is 3.86. The molecule has 0 saturated carbocycles. The van der Waals surface area contributed by atoms with Gasteiger partial charge < -0.3 is 0 Å². The van der Waals surface area contributed by atoms with E-state index in [4.69, 9.17) is 0 Å². The minimum atomic E-state index is -3.46. The minimum absolute atomic E-state index is 0.115. The first kappa shape index (κ1) is 14.7. The number of aryl methyl sites for hydroxylation is 2. The molecule has 112 valence electrons. The fourth-order valence-corrected chi connectivity index (χ4v) is 5.61. The molecule has 0 amide bonds. The maximum absolute atomic E-state index is 13.0. The van der Waals surface area contributed by atoms with Crippen LogP contribution in [0.25, 0.3) is 0 Å². The topological polar surface area (TPSA) is 50.3 Å². The molecular formula is C15H18N2O2S2. The summed E-state index contributed by atoms with van der Waals surface area (Å²) in [5, 5.41) is 2.79.